The lowest BCUT2D eigenvalue weighted by molar-refractivity contribution is -0.130. The van der Waals surface area contributed by atoms with Crippen molar-refractivity contribution in [3.63, 3.8) is 0 Å². The molecule has 1 aromatic heterocycles. The lowest BCUT2D eigenvalue weighted by Gasteiger charge is -2.23. The zero-order valence-corrected chi connectivity index (χ0v) is 15.8. The summed E-state index contributed by atoms with van der Waals surface area (Å²) in [4.78, 5) is 26.0. The van der Waals surface area contributed by atoms with E-state index in [4.69, 9.17) is 0 Å². The number of hydrogen-bond acceptors (Lipinski definition) is 4. The van der Waals surface area contributed by atoms with E-state index >= 15 is 0 Å². The summed E-state index contributed by atoms with van der Waals surface area (Å²) in [5, 5.41) is 0. The van der Waals surface area contributed by atoms with Gasteiger partial charge in [0.25, 0.3) is 0 Å². The van der Waals surface area contributed by atoms with Gasteiger partial charge in [0.15, 0.2) is 0 Å². The van der Waals surface area contributed by atoms with E-state index in [9.17, 15) is 4.79 Å². The maximum Gasteiger partial charge on any atom is 0.222 e. The Labute approximate surface area is 156 Å². The highest BCUT2D eigenvalue weighted by Gasteiger charge is 2.20. The fourth-order valence-electron chi connectivity index (χ4n) is 3.41. The molecule has 1 aliphatic rings. The van der Waals surface area contributed by atoms with Crippen molar-refractivity contribution in [3.05, 3.63) is 53.5 Å². The van der Waals surface area contributed by atoms with Crippen LogP contribution in [-0.2, 0) is 17.6 Å². The van der Waals surface area contributed by atoms with Crippen molar-refractivity contribution >= 4 is 11.7 Å². The third kappa shape index (κ3) is 4.81. The van der Waals surface area contributed by atoms with E-state index in [0.717, 1.165) is 62.8 Å². The van der Waals surface area contributed by atoms with E-state index in [1.165, 1.54) is 5.56 Å². The van der Waals surface area contributed by atoms with Gasteiger partial charge in [-0.25, -0.2) is 9.97 Å². The first-order valence-corrected chi connectivity index (χ1v) is 9.57. The molecule has 0 aliphatic carbocycles. The van der Waals surface area contributed by atoms with Gasteiger partial charge >= 0.3 is 0 Å². The Morgan fingerprint density at radius 2 is 1.88 bits per heavy atom. The molecule has 1 amide bonds. The summed E-state index contributed by atoms with van der Waals surface area (Å²) < 4.78 is 0. The van der Waals surface area contributed by atoms with Gasteiger partial charge < -0.3 is 9.80 Å². The van der Waals surface area contributed by atoms with Gasteiger partial charge in [-0.15, -0.1) is 0 Å². The predicted molar refractivity (Wildman–Crippen MR) is 104 cm³/mol. The first kappa shape index (κ1) is 18.4. The minimum absolute atomic E-state index is 0.254. The lowest BCUT2D eigenvalue weighted by Crippen LogP contribution is -2.35. The molecule has 0 radical (unpaired) electrons. The number of rotatable bonds is 5. The van der Waals surface area contributed by atoms with Gasteiger partial charge in [0.1, 0.15) is 11.6 Å². The zero-order valence-electron chi connectivity index (χ0n) is 15.8. The number of aryl methyl sites for hydroxylation is 3. The summed E-state index contributed by atoms with van der Waals surface area (Å²) in [6.45, 7) is 7.41. The normalized spacial score (nSPS) is 15.0. The highest BCUT2D eigenvalue weighted by molar-refractivity contribution is 5.76. The van der Waals surface area contributed by atoms with E-state index in [1.54, 1.807) is 0 Å². The van der Waals surface area contributed by atoms with E-state index in [-0.39, 0.29) is 5.91 Å². The molecule has 138 valence electrons. The molecule has 5 heteroatoms. The number of carbonyl (C=O) groups is 1. The number of amides is 1. The summed E-state index contributed by atoms with van der Waals surface area (Å²) >= 11 is 0. The van der Waals surface area contributed by atoms with E-state index in [2.05, 4.69) is 40.0 Å². The second-order valence-corrected chi connectivity index (χ2v) is 6.83. The second kappa shape index (κ2) is 8.79. The average molecular weight is 352 g/mol. The van der Waals surface area contributed by atoms with E-state index in [1.807, 2.05) is 30.0 Å². The zero-order chi connectivity index (χ0) is 18.4. The molecule has 0 saturated carbocycles. The molecule has 3 rings (SSSR count). The molecular weight excluding hydrogens is 324 g/mol. The lowest BCUT2D eigenvalue weighted by atomic mass is 10.1. The van der Waals surface area contributed by atoms with Crippen LogP contribution < -0.4 is 4.90 Å². The van der Waals surface area contributed by atoms with Crippen molar-refractivity contribution in [1.82, 2.24) is 14.9 Å². The van der Waals surface area contributed by atoms with Gasteiger partial charge in [-0.2, -0.15) is 0 Å². The van der Waals surface area contributed by atoms with Gasteiger partial charge in [-0.3, -0.25) is 4.79 Å². The monoisotopic (exact) mass is 352 g/mol. The van der Waals surface area contributed by atoms with Crippen molar-refractivity contribution in [2.45, 2.75) is 39.5 Å². The van der Waals surface area contributed by atoms with Gasteiger partial charge in [0.05, 0.1) is 0 Å². The number of anilines is 1. The fourth-order valence-corrected chi connectivity index (χ4v) is 3.41. The first-order chi connectivity index (χ1) is 12.7. The average Bonchev–Trinajstić information content (AvgIpc) is 2.93. The molecule has 1 fully saturated rings. The van der Waals surface area contributed by atoms with Crippen LogP contribution in [0.5, 0.6) is 0 Å². The van der Waals surface area contributed by atoms with Gasteiger partial charge in [-0.1, -0.05) is 37.3 Å². The molecule has 0 unspecified atom stereocenters. The standard InChI is InChI=1S/C21H28N4O/c1-3-19-16-20(23-17(2)22-19)24-12-7-13-25(15-14-24)21(26)11-10-18-8-5-4-6-9-18/h4-6,8-9,16H,3,7,10-15H2,1-2H3. The van der Waals surface area contributed by atoms with Crippen molar-refractivity contribution in [3.8, 4) is 0 Å². The highest BCUT2D eigenvalue weighted by Crippen LogP contribution is 2.16. The van der Waals surface area contributed by atoms with Crippen LogP contribution in [0, 0.1) is 6.92 Å². The van der Waals surface area contributed by atoms with Crippen molar-refractivity contribution in [2.75, 3.05) is 31.1 Å². The Balaban J connectivity index is 1.57. The highest BCUT2D eigenvalue weighted by atomic mass is 16.2. The molecule has 26 heavy (non-hydrogen) atoms. The number of carbonyl (C=O) groups excluding carboxylic acids is 1. The van der Waals surface area contributed by atoms with Crippen molar-refractivity contribution < 1.29 is 4.79 Å². The second-order valence-electron chi connectivity index (χ2n) is 6.83. The van der Waals surface area contributed by atoms with Crippen LogP contribution in [0.25, 0.3) is 0 Å². The van der Waals surface area contributed by atoms with Gasteiger partial charge in [0, 0.05) is 44.4 Å². The van der Waals surface area contributed by atoms with Crippen LogP contribution >= 0.6 is 0 Å². The maximum atomic E-state index is 12.6. The Kier molecular flexibility index (Phi) is 6.21. The number of benzene rings is 1. The molecule has 0 spiro atoms. The van der Waals surface area contributed by atoms with Crippen LogP contribution in [-0.4, -0.2) is 47.0 Å². The minimum atomic E-state index is 0.254. The summed E-state index contributed by atoms with van der Waals surface area (Å²) in [5.74, 6) is 2.07. The fraction of sp³-hybridized carbons (Fsp3) is 0.476. The Hall–Kier alpha value is -2.43. The maximum absolute atomic E-state index is 12.6. The summed E-state index contributed by atoms with van der Waals surface area (Å²) in [7, 11) is 0. The quantitative estimate of drug-likeness (QED) is 0.830. The Bertz CT molecular complexity index is 732. The molecule has 2 heterocycles. The molecule has 2 aromatic rings. The number of nitrogens with zero attached hydrogens (tertiary/aromatic N) is 4. The molecule has 1 aromatic carbocycles. The Morgan fingerprint density at radius 3 is 2.65 bits per heavy atom. The smallest absolute Gasteiger partial charge is 0.222 e. The molecule has 1 aliphatic heterocycles. The third-order valence-corrected chi connectivity index (χ3v) is 4.88. The van der Waals surface area contributed by atoms with Gasteiger partial charge in [-0.05, 0) is 31.7 Å². The SMILES string of the molecule is CCc1cc(N2CCCN(C(=O)CCc3ccccc3)CC2)nc(C)n1. The van der Waals surface area contributed by atoms with Crippen LogP contribution in [0.4, 0.5) is 5.82 Å². The third-order valence-electron chi connectivity index (χ3n) is 4.88. The largest absolute Gasteiger partial charge is 0.355 e. The summed E-state index contributed by atoms with van der Waals surface area (Å²) in [5.41, 5.74) is 2.30. The molecule has 0 atom stereocenters. The molecule has 1 saturated heterocycles. The minimum Gasteiger partial charge on any atom is -0.355 e. The van der Waals surface area contributed by atoms with E-state index < -0.39 is 0 Å². The van der Waals surface area contributed by atoms with E-state index in [0.29, 0.717) is 6.42 Å². The van der Waals surface area contributed by atoms with Gasteiger partial charge in [0.2, 0.25) is 5.91 Å². The van der Waals surface area contributed by atoms with Crippen LogP contribution in [0.3, 0.4) is 0 Å². The summed E-state index contributed by atoms with van der Waals surface area (Å²) in [6, 6.07) is 12.3. The topological polar surface area (TPSA) is 49.3 Å². The van der Waals surface area contributed by atoms with Crippen LogP contribution in [0.15, 0.2) is 36.4 Å². The Morgan fingerprint density at radius 1 is 1.08 bits per heavy atom. The predicted octanol–water partition coefficient (Wildman–Crippen LogP) is 3.02. The van der Waals surface area contributed by atoms with Crippen molar-refractivity contribution in [1.29, 1.82) is 0 Å². The van der Waals surface area contributed by atoms with Crippen molar-refractivity contribution in [2.24, 2.45) is 0 Å². The first-order valence-electron chi connectivity index (χ1n) is 9.57. The van der Waals surface area contributed by atoms with Crippen LogP contribution in [0.2, 0.25) is 0 Å². The molecule has 5 nitrogen and oxygen atoms in total. The number of hydrogen-bond donors (Lipinski definition) is 0. The number of aromatic nitrogens is 2. The molecule has 0 bridgehead atoms. The van der Waals surface area contributed by atoms with Crippen LogP contribution in [0.1, 0.15) is 36.8 Å². The summed E-state index contributed by atoms with van der Waals surface area (Å²) in [6.07, 6.45) is 3.28. The molecule has 0 N–H and O–H groups in total. The molecular formula is C21H28N4O.